The molecule has 2 heteroatoms. The molecule has 0 radical (unpaired) electrons. The molecule has 1 atom stereocenters. The van der Waals surface area contributed by atoms with Crippen LogP contribution in [0.3, 0.4) is 0 Å². The second-order valence-electron chi connectivity index (χ2n) is 4.97. The summed E-state index contributed by atoms with van der Waals surface area (Å²) in [5.41, 5.74) is 0.0429. The molecule has 0 saturated carbocycles. The van der Waals surface area contributed by atoms with Crippen molar-refractivity contribution in [3.05, 3.63) is 35.8 Å². The average Bonchev–Trinajstić information content (AvgIpc) is 2.51. The zero-order valence-electron chi connectivity index (χ0n) is 10.3. The number of allylic oxidation sites excluding steroid dienone is 4. The maximum Gasteiger partial charge on any atom is 0.160 e. The maximum absolute atomic E-state index is 5.76. The number of ether oxygens (including phenoxy) is 2. The van der Waals surface area contributed by atoms with E-state index in [1.165, 1.54) is 0 Å². The van der Waals surface area contributed by atoms with Crippen molar-refractivity contribution in [1.82, 2.24) is 0 Å². The molecule has 2 rings (SSSR count). The molecule has 0 amide bonds. The van der Waals surface area contributed by atoms with E-state index in [1.54, 1.807) is 0 Å². The topological polar surface area (TPSA) is 18.5 Å². The molecule has 16 heavy (non-hydrogen) atoms. The second-order valence-corrected chi connectivity index (χ2v) is 4.97. The highest BCUT2D eigenvalue weighted by Gasteiger charge is 2.27. The summed E-state index contributed by atoms with van der Waals surface area (Å²) >= 11 is 0. The van der Waals surface area contributed by atoms with E-state index in [2.05, 4.69) is 39.0 Å². The quantitative estimate of drug-likeness (QED) is 0.674. The molecule has 1 unspecified atom stereocenters. The predicted octanol–water partition coefficient (Wildman–Crippen LogP) is 3.42. The zero-order chi connectivity index (χ0) is 11.6. The summed E-state index contributed by atoms with van der Waals surface area (Å²) in [6.45, 7) is 8.17. The summed E-state index contributed by atoms with van der Waals surface area (Å²) in [4.78, 5) is 0. The fourth-order valence-corrected chi connectivity index (χ4v) is 1.84. The Hall–Kier alpha value is -1.18. The summed E-state index contributed by atoms with van der Waals surface area (Å²) in [5, 5.41) is 0. The summed E-state index contributed by atoms with van der Waals surface area (Å²) in [6, 6.07) is 0. The third-order valence-corrected chi connectivity index (χ3v) is 3.44. The van der Waals surface area contributed by atoms with E-state index in [-0.39, 0.29) is 5.41 Å². The Labute approximate surface area is 97.6 Å². The van der Waals surface area contributed by atoms with Gasteiger partial charge in [-0.2, -0.15) is 0 Å². The Bertz CT molecular complexity index is 350. The van der Waals surface area contributed by atoms with Crippen LogP contribution in [0.4, 0.5) is 0 Å². The number of rotatable bonds is 1. The number of hydrogen-bond donors (Lipinski definition) is 0. The lowest BCUT2D eigenvalue weighted by Crippen LogP contribution is -2.18. The van der Waals surface area contributed by atoms with E-state index >= 15 is 0 Å². The largest absolute Gasteiger partial charge is 0.490 e. The van der Waals surface area contributed by atoms with Gasteiger partial charge < -0.3 is 9.47 Å². The van der Waals surface area contributed by atoms with Crippen molar-refractivity contribution < 1.29 is 9.47 Å². The lowest BCUT2D eigenvalue weighted by Gasteiger charge is -2.27. The molecule has 1 aliphatic heterocycles. The van der Waals surface area contributed by atoms with Crippen molar-refractivity contribution >= 4 is 0 Å². The molecule has 1 heterocycles. The molecule has 0 N–H and O–H groups in total. The Morgan fingerprint density at radius 1 is 1.19 bits per heavy atom. The maximum atomic E-state index is 5.76. The van der Waals surface area contributed by atoms with E-state index < -0.39 is 0 Å². The molecule has 1 fully saturated rings. The molecule has 88 valence electrons. The minimum atomic E-state index is 0.0429. The number of hydrogen-bond acceptors (Lipinski definition) is 2. The first-order valence-electron chi connectivity index (χ1n) is 6.00. The number of fused-ring (bicyclic) bond motifs is 1. The molecular weight excluding hydrogens is 200 g/mol. The van der Waals surface area contributed by atoms with Crippen molar-refractivity contribution in [2.45, 2.75) is 27.2 Å². The van der Waals surface area contributed by atoms with Gasteiger partial charge in [0.25, 0.3) is 0 Å². The van der Waals surface area contributed by atoms with E-state index in [0.29, 0.717) is 5.92 Å². The van der Waals surface area contributed by atoms with Gasteiger partial charge in [-0.25, -0.2) is 0 Å². The Morgan fingerprint density at radius 2 is 1.88 bits per heavy atom. The SMILES string of the molecule is CC(C)C1(C)C=CC=C2OCCCOC2=C1. The molecule has 0 spiro atoms. The third-order valence-electron chi connectivity index (χ3n) is 3.44. The second kappa shape index (κ2) is 4.36. The molecule has 0 aromatic rings. The van der Waals surface area contributed by atoms with Gasteiger partial charge in [0, 0.05) is 11.8 Å². The Balaban J connectivity index is 2.35. The lowest BCUT2D eigenvalue weighted by molar-refractivity contribution is 0.213. The molecule has 0 aromatic carbocycles. The smallest absolute Gasteiger partial charge is 0.160 e. The monoisotopic (exact) mass is 220 g/mol. The predicted molar refractivity (Wildman–Crippen MR) is 64.8 cm³/mol. The Kier molecular flexibility index (Phi) is 3.08. The molecule has 1 aliphatic carbocycles. The average molecular weight is 220 g/mol. The van der Waals surface area contributed by atoms with Gasteiger partial charge >= 0.3 is 0 Å². The first-order chi connectivity index (χ1) is 7.62. The van der Waals surface area contributed by atoms with Crippen LogP contribution in [-0.2, 0) is 9.47 Å². The van der Waals surface area contributed by atoms with Crippen molar-refractivity contribution in [3.63, 3.8) is 0 Å². The van der Waals surface area contributed by atoms with Crippen LogP contribution in [0, 0.1) is 11.3 Å². The van der Waals surface area contributed by atoms with Gasteiger partial charge in [0.05, 0.1) is 13.2 Å². The van der Waals surface area contributed by atoms with E-state index in [1.807, 2.05) is 6.08 Å². The van der Waals surface area contributed by atoms with Crippen LogP contribution < -0.4 is 0 Å². The highest BCUT2D eigenvalue weighted by Crippen LogP contribution is 2.36. The van der Waals surface area contributed by atoms with Crippen molar-refractivity contribution in [2.24, 2.45) is 11.3 Å². The highest BCUT2D eigenvalue weighted by atomic mass is 16.5. The first-order valence-corrected chi connectivity index (χ1v) is 6.00. The van der Waals surface area contributed by atoms with Crippen LogP contribution >= 0.6 is 0 Å². The Morgan fingerprint density at radius 3 is 2.56 bits per heavy atom. The molecule has 2 aliphatic rings. The van der Waals surface area contributed by atoms with E-state index in [9.17, 15) is 0 Å². The molecular formula is C14H20O2. The van der Waals surface area contributed by atoms with Gasteiger partial charge in [0.2, 0.25) is 0 Å². The standard InChI is InChI=1S/C14H20O2/c1-11(2)14(3)7-4-6-12-13(10-14)16-9-5-8-15-12/h4,6-7,10-11H,5,8-9H2,1-3H3. The van der Waals surface area contributed by atoms with Gasteiger partial charge in [-0.05, 0) is 18.1 Å². The molecule has 2 nitrogen and oxygen atoms in total. The summed E-state index contributed by atoms with van der Waals surface area (Å²) in [7, 11) is 0. The minimum Gasteiger partial charge on any atom is -0.490 e. The molecule has 0 bridgehead atoms. The van der Waals surface area contributed by atoms with Crippen LogP contribution in [0.5, 0.6) is 0 Å². The molecule has 0 aromatic heterocycles. The van der Waals surface area contributed by atoms with Gasteiger partial charge in [-0.3, -0.25) is 0 Å². The first kappa shape index (κ1) is 11.3. The molecule has 1 saturated heterocycles. The summed E-state index contributed by atoms with van der Waals surface area (Å²) in [6.07, 6.45) is 9.45. The highest BCUT2D eigenvalue weighted by molar-refractivity contribution is 5.33. The van der Waals surface area contributed by atoms with Crippen molar-refractivity contribution in [1.29, 1.82) is 0 Å². The zero-order valence-corrected chi connectivity index (χ0v) is 10.3. The van der Waals surface area contributed by atoms with Gasteiger partial charge in [-0.15, -0.1) is 0 Å². The van der Waals surface area contributed by atoms with Crippen LogP contribution in [0.25, 0.3) is 0 Å². The minimum absolute atomic E-state index is 0.0429. The van der Waals surface area contributed by atoms with Gasteiger partial charge in [0.15, 0.2) is 11.5 Å². The van der Waals surface area contributed by atoms with Crippen LogP contribution in [-0.4, -0.2) is 13.2 Å². The fourth-order valence-electron chi connectivity index (χ4n) is 1.84. The van der Waals surface area contributed by atoms with E-state index in [4.69, 9.17) is 9.47 Å². The summed E-state index contributed by atoms with van der Waals surface area (Å²) in [5.74, 6) is 2.31. The van der Waals surface area contributed by atoms with Crippen molar-refractivity contribution in [2.75, 3.05) is 13.2 Å². The van der Waals surface area contributed by atoms with Crippen LogP contribution in [0.1, 0.15) is 27.2 Å². The van der Waals surface area contributed by atoms with Gasteiger partial charge in [-0.1, -0.05) is 32.9 Å². The third kappa shape index (κ3) is 2.16. The normalized spacial score (nSPS) is 29.2. The van der Waals surface area contributed by atoms with Gasteiger partial charge in [0.1, 0.15) is 0 Å². The summed E-state index contributed by atoms with van der Waals surface area (Å²) < 4.78 is 11.4. The van der Waals surface area contributed by atoms with Crippen LogP contribution in [0.2, 0.25) is 0 Å². The van der Waals surface area contributed by atoms with E-state index in [0.717, 1.165) is 31.2 Å². The lowest BCUT2D eigenvalue weighted by atomic mass is 9.78. The van der Waals surface area contributed by atoms with Crippen molar-refractivity contribution in [3.8, 4) is 0 Å². The fraction of sp³-hybridized carbons (Fsp3) is 0.571. The van der Waals surface area contributed by atoms with Crippen LogP contribution in [0.15, 0.2) is 35.8 Å².